The van der Waals surface area contributed by atoms with Crippen molar-refractivity contribution >= 4 is 23.3 Å². The van der Waals surface area contributed by atoms with Crippen molar-refractivity contribution in [3.8, 4) is 0 Å². The highest BCUT2D eigenvalue weighted by atomic mass is 32.1. The number of hydrogen-bond acceptors (Lipinski definition) is 3. The van der Waals surface area contributed by atoms with Crippen LogP contribution in [-0.2, 0) is 4.79 Å². The third-order valence-corrected chi connectivity index (χ3v) is 4.53. The van der Waals surface area contributed by atoms with Gasteiger partial charge in [-0.2, -0.15) is 0 Å². The number of hydrogen-bond donors (Lipinski definition) is 2. The summed E-state index contributed by atoms with van der Waals surface area (Å²) in [5.74, 6) is 0.0963. The van der Waals surface area contributed by atoms with E-state index in [4.69, 9.17) is 5.73 Å². The maximum absolute atomic E-state index is 12.4. The Hall–Kier alpha value is -1.56. The normalized spacial score (nSPS) is 17.3. The zero-order valence-corrected chi connectivity index (χ0v) is 12.3. The molecule has 2 rings (SSSR count). The van der Waals surface area contributed by atoms with Crippen molar-refractivity contribution in [1.29, 1.82) is 0 Å². The van der Waals surface area contributed by atoms with Crippen LogP contribution in [0.1, 0.15) is 43.0 Å². The van der Waals surface area contributed by atoms with Crippen LogP contribution >= 0.6 is 11.3 Å². The molecule has 1 atom stereocenters. The second kappa shape index (κ2) is 7.28. The zero-order chi connectivity index (χ0) is 14.4. The molecule has 0 spiro atoms. The highest BCUT2D eigenvalue weighted by Crippen LogP contribution is 2.23. The van der Waals surface area contributed by atoms with Gasteiger partial charge in [-0.05, 0) is 24.3 Å². The van der Waals surface area contributed by atoms with Gasteiger partial charge in [0, 0.05) is 18.0 Å². The molecule has 1 aliphatic heterocycles. The van der Waals surface area contributed by atoms with E-state index in [-0.39, 0.29) is 18.4 Å². The van der Waals surface area contributed by atoms with Crippen molar-refractivity contribution in [3.63, 3.8) is 0 Å². The zero-order valence-electron chi connectivity index (χ0n) is 11.5. The summed E-state index contributed by atoms with van der Waals surface area (Å²) >= 11 is 1.52. The van der Waals surface area contributed by atoms with E-state index < -0.39 is 6.03 Å². The van der Waals surface area contributed by atoms with Crippen LogP contribution in [0, 0.1) is 0 Å². The maximum Gasteiger partial charge on any atom is 0.312 e. The second-order valence-electron chi connectivity index (χ2n) is 5.08. The Kier molecular flexibility index (Phi) is 5.40. The first-order chi connectivity index (χ1) is 9.66. The fourth-order valence-corrected chi connectivity index (χ4v) is 3.29. The molecule has 0 saturated carbocycles. The van der Waals surface area contributed by atoms with Crippen LogP contribution in [-0.4, -0.2) is 29.9 Å². The molecule has 0 aromatic carbocycles. The molecule has 2 heterocycles. The predicted octanol–water partition coefficient (Wildman–Crippen LogP) is 2.25. The number of likely N-dealkylation sites (tertiary alicyclic amines) is 1. The molecule has 1 aliphatic rings. The van der Waals surface area contributed by atoms with Gasteiger partial charge in [-0.25, -0.2) is 4.79 Å². The third-order valence-electron chi connectivity index (χ3n) is 3.54. The van der Waals surface area contributed by atoms with Crippen molar-refractivity contribution in [2.45, 2.75) is 38.1 Å². The molecule has 1 unspecified atom stereocenters. The number of nitrogens with zero attached hydrogens (tertiary/aromatic N) is 1. The molecular weight excluding hydrogens is 274 g/mol. The fraction of sp³-hybridized carbons (Fsp3) is 0.571. The molecule has 6 heteroatoms. The molecule has 0 radical (unpaired) electrons. The van der Waals surface area contributed by atoms with Gasteiger partial charge in [-0.1, -0.05) is 18.9 Å². The van der Waals surface area contributed by atoms with Crippen LogP contribution in [0.3, 0.4) is 0 Å². The fourth-order valence-electron chi connectivity index (χ4n) is 2.51. The lowest BCUT2D eigenvalue weighted by atomic mass is 10.1. The van der Waals surface area contributed by atoms with Gasteiger partial charge in [0.1, 0.15) is 0 Å². The van der Waals surface area contributed by atoms with Crippen LogP contribution in [0.4, 0.5) is 4.79 Å². The van der Waals surface area contributed by atoms with Gasteiger partial charge in [0.25, 0.3) is 0 Å². The van der Waals surface area contributed by atoms with Gasteiger partial charge in [0.15, 0.2) is 0 Å². The minimum atomic E-state index is -0.591. The lowest BCUT2D eigenvalue weighted by molar-refractivity contribution is -0.131. The van der Waals surface area contributed by atoms with Gasteiger partial charge < -0.3 is 16.0 Å². The van der Waals surface area contributed by atoms with Gasteiger partial charge in [-0.15, -0.1) is 11.3 Å². The molecule has 110 valence electrons. The van der Waals surface area contributed by atoms with Crippen molar-refractivity contribution < 1.29 is 9.59 Å². The van der Waals surface area contributed by atoms with Crippen LogP contribution in [0.2, 0.25) is 0 Å². The van der Waals surface area contributed by atoms with Crippen molar-refractivity contribution in [2.24, 2.45) is 5.73 Å². The van der Waals surface area contributed by atoms with Gasteiger partial charge in [0.2, 0.25) is 5.91 Å². The molecular formula is C14H21N3O2S. The summed E-state index contributed by atoms with van der Waals surface area (Å²) in [6, 6.07) is 2.92. The highest BCUT2D eigenvalue weighted by Gasteiger charge is 2.22. The summed E-state index contributed by atoms with van der Waals surface area (Å²) in [7, 11) is 0. The molecule has 3 amide bonds. The van der Waals surface area contributed by atoms with E-state index in [2.05, 4.69) is 5.32 Å². The molecule has 0 bridgehead atoms. The van der Waals surface area contributed by atoms with Crippen molar-refractivity contribution in [2.75, 3.05) is 13.1 Å². The van der Waals surface area contributed by atoms with E-state index >= 15 is 0 Å². The largest absolute Gasteiger partial charge is 0.352 e. The number of primary amides is 1. The average Bonchev–Trinajstić information content (AvgIpc) is 2.79. The Morgan fingerprint density at radius 3 is 2.55 bits per heavy atom. The number of thiophene rings is 1. The lowest BCUT2D eigenvalue weighted by Crippen LogP contribution is -2.38. The molecule has 3 N–H and O–H groups in total. The SMILES string of the molecule is NC(=O)NC(CC(=O)N1CCCCCC1)c1cccs1. The lowest BCUT2D eigenvalue weighted by Gasteiger charge is -2.23. The van der Waals surface area contributed by atoms with E-state index in [0.29, 0.717) is 0 Å². The second-order valence-corrected chi connectivity index (χ2v) is 6.05. The van der Waals surface area contributed by atoms with Crippen molar-refractivity contribution in [1.82, 2.24) is 10.2 Å². The Bertz CT molecular complexity index is 439. The predicted molar refractivity (Wildman–Crippen MR) is 79.4 cm³/mol. The molecule has 1 aromatic heterocycles. The van der Waals surface area contributed by atoms with E-state index in [1.54, 1.807) is 0 Å². The van der Waals surface area contributed by atoms with E-state index in [1.165, 1.54) is 24.2 Å². The topological polar surface area (TPSA) is 75.4 Å². The van der Waals surface area contributed by atoms with Crippen LogP contribution in [0.15, 0.2) is 17.5 Å². The number of carbonyl (C=O) groups is 2. The average molecular weight is 295 g/mol. The third kappa shape index (κ3) is 4.23. The first-order valence-electron chi connectivity index (χ1n) is 7.04. The number of carbonyl (C=O) groups excluding carboxylic acids is 2. The quantitative estimate of drug-likeness (QED) is 0.894. The van der Waals surface area contributed by atoms with E-state index in [9.17, 15) is 9.59 Å². The summed E-state index contributed by atoms with van der Waals surface area (Å²) in [6.45, 7) is 1.65. The van der Waals surface area contributed by atoms with Crippen molar-refractivity contribution in [3.05, 3.63) is 22.4 Å². The Morgan fingerprint density at radius 2 is 2.00 bits per heavy atom. The number of nitrogens with one attached hydrogen (secondary N) is 1. The summed E-state index contributed by atoms with van der Waals surface area (Å²) < 4.78 is 0. The van der Waals surface area contributed by atoms with Crippen LogP contribution in [0.25, 0.3) is 0 Å². The minimum absolute atomic E-state index is 0.0963. The Balaban J connectivity index is 1.99. The standard InChI is InChI=1S/C14H21N3O2S/c15-14(19)16-11(12-6-5-9-20-12)10-13(18)17-7-3-1-2-4-8-17/h5-6,9,11H,1-4,7-8,10H2,(H3,15,16,19). The molecule has 5 nitrogen and oxygen atoms in total. The highest BCUT2D eigenvalue weighted by molar-refractivity contribution is 7.10. The molecule has 0 aliphatic carbocycles. The molecule has 1 fully saturated rings. The Morgan fingerprint density at radius 1 is 1.30 bits per heavy atom. The van der Waals surface area contributed by atoms with Gasteiger partial charge >= 0.3 is 6.03 Å². The summed E-state index contributed by atoms with van der Waals surface area (Å²) in [5, 5.41) is 4.60. The van der Waals surface area contributed by atoms with E-state index in [0.717, 1.165) is 30.8 Å². The number of nitrogens with two attached hydrogens (primary N) is 1. The molecule has 20 heavy (non-hydrogen) atoms. The summed E-state index contributed by atoms with van der Waals surface area (Å²) in [5.41, 5.74) is 5.21. The van der Waals surface area contributed by atoms with Gasteiger partial charge in [0.05, 0.1) is 12.5 Å². The first-order valence-corrected chi connectivity index (χ1v) is 7.92. The van der Waals surface area contributed by atoms with Crippen LogP contribution in [0.5, 0.6) is 0 Å². The van der Waals surface area contributed by atoms with Crippen LogP contribution < -0.4 is 11.1 Å². The maximum atomic E-state index is 12.4. The summed E-state index contributed by atoms with van der Waals surface area (Å²) in [6.07, 6.45) is 4.80. The van der Waals surface area contributed by atoms with E-state index in [1.807, 2.05) is 22.4 Å². The minimum Gasteiger partial charge on any atom is -0.352 e. The monoisotopic (exact) mass is 295 g/mol. The molecule has 1 aromatic rings. The number of amides is 3. The number of rotatable bonds is 4. The first kappa shape index (κ1) is 14.8. The summed E-state index contributed by atoms with van der Waals surface area (Å²) in [4.78, 5) is 26.4. The number of urea groups is 1. The smallest absolute Gasteiger partial charge is 0.312 e. The Labute approximate surface area is 123 Å². The molecule has 1 saturated heterocycles. The van der Waals surface area contributed by atoms with Gasteiger partial charge in [-0.3, -0.25) is 4.79 Å².